The van der Waals surface area contributed by atoms with E-state index >= 15 is 0 Å². The fraction of sp³-hybridized carbons (Fsp3) is 1.00. The van der Waals surface area contributed by atoms with Crippen LogP contribution in [0.1, 0.15) is 32.1 Å². The normalized spacial score (nSPS) is 29.4. The number of rotatable bonds is 4. The van der Waals surface area contributed by atoms with Gasteiger partial charge in [-0.1, -0.05) is 6.42 Å². The molecule has 1 unspecified atom stereocenters. The Balaban J connectivity index is 1.56. The summed E-state index contributed by atoms with van der Waals surface area (Å²) in [4.78, 5) is 5.06. The number of hydrogen-bond donors (Lipinski definition) is 1. The third-order valence-electron chi connectivity index (χ3n) is 3.93. The van der Waals surface area contributed by atoms with Gasteiger partial charge in [0.1, 0.15) is 0 Å². The molecule has 16 heavy (non-hydrogen) atoms. The summed E-state index contributed by atoms with van der Waals surface area (Å²) in [5.74, 6) is 0. The molecule has 3 heteroatoms. The number of hydrogen-bond acceptors (Lipinski definition) is 3. The van der Waals surface area contributed by atoms with Crippen LogP contribution in [0.15, 0.2) is 0 Å². The fourth-order valence-corrected chi connectivity index (χ4v) is 2.94. The Hall–Kier alpha value is -0.120. The van der Waals surface area contributed by atoms with Gasteiger partial charge >= 0.3 is 0 Å². The lowest BCUT2D eigenvalue weighted by Gasteiger charge is -2.32. The van der Waals surface area contributed by atoms with Crippen LogP contribution in [0.5, 0.6) is 0 Å². The van der Waals surface area contributed by atoms with Crippen LogP contribution >= 0.6 is 0 Å². The summed E-state index contributed by atoms with van der Waals surface area (Å²) < 4.78 is 0. The van der Waals surface area contributed by atoms with E-state index in [9.17, 15) is 0 Å². The van der Waals surface area contributed by atoms with Crippen molar-refractivity contribution in [1.82, 2.24) is 15.1 Å². The molecule has 0 spiro atoms. The van der Waals surface area contributed by atoms with Gasteiger partial charge in [0.05, 0.1) is 0 Å². The first-order chi connectivity index (χ1) is 7.84. The topological polar surface area (TPSA) is 18.5 Å². The molecule has 0 aromatic heterocycles. The van der Waals surface area contributed by atoms with Gasteiger partial charge in [0, 0.05) is 25.7 Å². The highest BCUT2D eigenvalue weighted by Gasteiger charge is 2.16. The predicted octanol–water partition coefficient (Wildman–Crippen LogP) is 1.16. The van der Waals surface area contributed by atoms with Crippen molar-refractivity contribution in [1.29, 1.82) is 0 Å². The van der Waals surface area contributed by atoms with Gasteiger partial charge in [-0.3, -0.25) is 0 Å². The minimum absolute atomic E-state index is 0.739. The van der Waals surface area contributed by atoms with E-state index in [2.05, 4.69) is 22.2 Å². The van der Waals surface area contributed by atoms with Gasteiger partial charge in [0.25, 0.3) is 0 Å². The number of piperidine rings is 2. The lowest BCUT2D eigenvalue weighted by atomic mass is 10.1. The first-order valence-corrected chi connectivity index (χ1v) is 6.99. The maximum absolute atomic E-state index is 3.72. The van der Waals surface area contributed by atoms with Crippen molar-refractivity contribution in [2.45, 2.75) is 38.1 Å². The molecule has 0 amide bonds. The number of likely N-dealkylation sites (N-methyl/N-ethyl adjacent to an activating group) is 1. The van der Waals surface area contributed by atoms with Crippen molar-refractivity contribution in [3.05, 3.63) is 0 Å². The van der Waals surface area contributed by atoms with Gasteiger partial charge in [-0.15, -0.1) is 0 Å². The van der Waals surface area contributed by atoms with Gasteiger partial charge in [-0.2, -0.15) is 0 Å². The lowest BCUT2D eigenvalue weighted by molar-refractivity contribution is 0.202. The SMILES string of the molecule is CN1CCCC(NCCN2CCCCC2)C1. The van der Waals surface area contributed by atoms with Crippen LogP contribution in [-0.2, 0) is 0 Å². The third kappa shape index (κ3) is 4.04. The second-order valence-corrected chi connectivity index (χ2v) is 5.46. The molecule has 1 atom stereocenters. The summed E-state index contributed by atoms with van der Waals surface area (Å²) >= 11 is 0. The molecule has 2 aliphatic heterocycles. The number of likely N-dealkylation sites (tertiary alicyclic amines) is 2. The molecule has 1 N–H and O–H groups in total. The molecular formula is C13H27N3. The van der Waals surface area contributed by atoms with E-state index < -0.39 is 0 Å². The van der Waals surface area contributed by atoms with E-state index in [0.29, 0.717) is 0 Å². The highest BCUT2D eigenvalue weighted by Crippen LogP contribution is 2.09. The summed E-state index contributed by atoms with van der Waals surface area (Å²) in [5, 5.41) is 3.72. The highest BCUT2D eigenvalue weighted by atomic mass is 15.2. The number of nitrogens with one attached hydrogen (secondary N) is 1. The van der Waals surface area contributed by atoms with Crippen LogP contribution in [0.2, 0.25) is 0 Å². The van der Waals surface area contributed by atoms with Gasteiger partial charge in [-0.25, -0.2) is 0 Å². The van der Waals surface area contributed by atoms with Crippen LogP contribution in [0.4, 0.5) is 0 Å². The van der Waals surface area contributed by atoms with Crippen molar-refractivity contribution >= 4 is 0 Å². The largest absolute Gasteiger partial charge is 0.311 e. The zero-order valence-electron chi connectivity index (χ0n) is 10.7. The summed E-state index contributed by atoms with van der Waals surface area (Å²) in [6.07, 6.45) is 6.98. The molecule has 2 fully saturated rings. The molecule has 0 aliphatic carbocycles. The molecule has 2 rings (SSSR count). The standard InChI is InChI=1S/C13H27N3/c1-15-8-5-6-13(12-15)14-7-11-16-9-3-2-4-10-16/h13-14H,2-12H2,1H3. The Morgan fingerprint density at radius 1 is 1.06 bits per heavy atom. The average molecular weight is 225 g/mol. The maximum Gasteiger partial charge on any atom is 0.0195 e. The first-order valence-electron chi connectivity index (χ1n) is 6.99. The van der Waals surface area contributed by atoms with E-state index in [-0.39, 0.29) is 0 Å². The Bertz CT molecular complexity index is 190. The Labute approximate surface area is 100 Å². The highest BCUT2D eigenvalue weighted by molar-refractivity contribution is 4.77. The molecule has 2 saturated heterocycles. The van der Waals surface area contributed by atoms with E-state index in [4.69, 9.17) is 0 Å². The summed E-state index contributed by atoms with van der Waals surface area (Å²) in [6, 6.07) is 0.739. The fourth-order valence-electron chi connectivity index (χ4n) is 2.94. The van der Waals surface area contributed by atoms with E-state index in [0.717, 1.165) is 6.04 Å². The van der Waals surface area contributed by atoms with Crippen LogP contribution in [0.25, 0.3) is 0 Å². The average Bonchev–Trinajstić information content (AvgIpc) is 2.30. The summed E-state index contributed by atoms with van der Waals surface area (Å²) in [6.45, 7) is 7.60. The first kappa shape index (κ1) is 12.3. The van der Waals surface area contributed by atoms with E-state index in [1.807, 2.05) is 0 Å². The monoisotopic (exact) mass is 225 g/mol. The summed E-state index contributed by atoms with van der Waals surface area (Å²) in [7, 11) is 2.23. The molecule has 0 aromatic rings. The molecular weight excluding hydrogens is 198 g/mol. The van der Waals surface area contributed by atoms with Crippen molar-refractivity contribution in [3.8, 4) is 0 Å². The third-order valence-corrected chi connectivity index (χ3v) is 3.93. The molecule has 2 heterocycles. The van der Waals surface area contributed by atoms with Crippen molar-refractivity contribution in [2.24, 2.45) is 0 Å². The van der Waals surface area contributed by atoms with Crippen LogP contribution in [0, 0.1) is 0 Å². The van der Waals surface area contributed by atoms with Gasteiger partial charge in [-0.05, 0) is 52.4 Å². The lowest BCUT2D eigenvalue weighted by Crippen LogP contribution is -2.46. The molecule has 0 saturated carbocycles. The van der Waals surface area contributed by atoms with Gasteiger partial charge < -0.3 is 15.1 Å². The van der Waals surface area contributed by atoms with Crippen LogP contribution < -0.4 is 5.32 Å². The van der Waals surface area contributed by atoms with Crippen molar-refractivity contribution in [2.75, 3.05) is 46.3 Å². The van der Waals surface area contributed by atoms with Crippen LogP contribution in [-0.4, -0.2) is 62.2 Å². The summed E-state index contributed by atoms with van der Waals surface area (Å²) in [5.41, 5.74) is 0. The molecule has 0 bridgehead atoms. The smallest absolute Gasteiger partial charge is 0.0195 e. The quantitative estimate of drug-likeness (QED) is 0.774. The van der Waals surface area contributed by atoms with Gasteiger partial charge in [0.2, 0.25) is 0 Å². The molecule has 3 nitrogen and oxygen atoms in total. The van der Waals surface area contributed by atoms with E-state index in [1.54, 1.807) is 0 Å². The second kappa shape index (κ2) is 6.58. The number of nitrogens with zero attached hydrogens (tertiary/aromatic N) is 2. The van der Waals surface area contributed by atoms with Gasteiger partial charge in [0.15, 0.2) is 0 Å². The van der Waals surface area contributed by atoms with Crippen LogP contribution in [0.3, 0.4) is 0 Å². The zero-order valence-corrected chi connectivity index (χ0v) is 10.7. The molecule has 94 valence electrons. The molecule has 2 aliphatic rings. The zero-order chi connectivity index (χ0) is 11.2. The Kier molecular flexibility index (Phi) is 5.07. The Morgan fingerprint density at radius 2 is 1.88 bits per heavy atom. The maximum atomic E-state index is 3.72. The predicted molar refractivity (Wildman–Crippen MR) is 68.8 cm³/mol. The minimum atomic E-state index is 0.739. The van der Waals surface area contributed by atoms with Crippen molar-refractivity contribution in [3.63, 3.8) is 0 Å². The minimum Gasteiger partial charge on any atom is -0.311 e. The van der Waals surface area contributed by atoms with E-state index in [1.165, 1.54) is 71.4 Å². The second-order valence-electron chi connectivity index (χ2n) is 5.46. The molecule has 0 radical (unpaired) electrons. The Morgan fingerprint density at radius 3 is 2.62 bits per heavy atom. The van der Waals surface area contributed by atoms with Crippen molar-refractivity contribution < 1.29 is 0 Å². The molecule has 0 aromatic carbocycles.